The Balaban J connectivity index is 1.32. The summed E-state index contributed by atoms with van der Waals surface area (Å²) in [4.78, 5) is 17.9. The number of likely N-dealkylation sites (tertiary alicyclic amines) is 1. The maximum atomic E-state index is 13.8. The van der Waals surface area contributed by atoms with E-state index in [1.54, 1.807) is 0 Å². The van der Waals surface area contributed by atoms with Gasteiger partial charge in [0.25, 0.3) is 0 Å². The molecule has 0 radical (unpaired) electrons. The van der Waals surface area contributed by atoms with Crippen LogP contribution in [0.25, 0.3) is 0 Å². The molecule has 2 heterocycles. The number of piperidine rings is 1. The van der Waals surface area contributed by atoms with E-state index in [-0.39, 0.29) is 17.9 Å². The molecule has 7 heteroatoms. The van der Waals surface area contributed by atoms with Crippen LogP contribution in [0.4, 0.5) is 14.5 Å². The van der Waals surface area contributed by atoms with Crippen molar-refractivity contribution in [3.8, 4) is 6.07 Å². The van der Waals surface area contributed by atoms with Gasteiger partial charge in [0.2, 0.25) is 5.91 Å². The second-order valence-corrected chi connectivity index (χ2v) is 9.73. The number of anilines is 1. The Hall–Kier alpha value is -2.98. The second-order valence-electron chi connectivity index (χ2n) is 9.73. The van der Waals surface area contributed by atoms with Crippen LogP contribution in [-0.2, 0) is 4.79 Å². The SMILES string of the molecule is CC(C)C(C(=O)NC1CCN(C2CCN(c3ccccc3C#N)CC2)C1)c1ccc(F)c(F)c1. The first-order valence-electron chi connectivity index (χ1n) is 12.1. The molecule has 2 atom stereocenters. The second kappa shape index (κ2) is 10.5. The number of nitriles is 1. The van der Waals surface area contributed by atoms with E-state index in [2.05, 4.69) is 21.2 Å². The average Bonchev–Trinajstić information content (AvgIpc) is 3.29. The Morgan fingerprint density at radius 2 is 1.79 bits per heavy atom. The van der Waals surface area contributed by atoms with Gasteiger partial charge in [-0.1, -0.05) is 32.0 Å². The molecule has 0 bridgehead atoms. The minimum absolute atomic E-state index is 0.0389. The van der Waals surface area contributed by atoms with Gasteiger partial charge in [-0.2, -0.15) is 5.26 Å². The summed E-state index contributed by atoms with van der Waals surface area (Å²) in [6, 6.07) is 14.3. The molecule has 2 fully saturated rings. The Kier molecular flexibility index (Phi) is 7.47. The van der Waals surface area contributed by atoms with Crippen molar-refractivity contribution in [1.82, 2.24) is 10.2 Å². The van der Waals surface area contributed by atoms with Crippen LogP contribution in [0.3, 0.4) is 0 Å². The van der Waals surface area contributed by atoms with Gasteiger partial charge in [-0.15, -0.1) is 0 Å². The minimum Gasteiger partial charge on any atom is -0.370 e. The van der Waals surface area contributed by atoms with Crippen LogP contribution >= 0.6 is 0 Å². The van der Waals surface area contributed by atoms with E-state index >= 15 is 0 Å². The van der Waals surface area contributed by atoms with Crippen LogP contribution in [-0.4, -0.2) is 49.1 Å². The highest BCUT2D eigenvalue weighted by Crippen LogP contribution is 2.29. The van der Waals surface area contributed by atoms with Crippen LogP contribution in [0.1, 0.15) is 50.2 Å². The van der Waals surface area contributed by atoms with Crippen molar-refractivity contribution in [2.24, 2.45) is 5.92 Å². The van der Waals surface area contributed by atoms with Crippen molar-refractivity contribution in [2.75, 3.05) is 31.1 Å². The standard InChI is InChI=1S/C27H32F2N4O/c1-18(2)26(19-7-8-23(28)24(29)15-19)27(34)31-21-9-12-33(17-21)22-10-13-32(14-11-22)25-6-4-3-5-20(25)16-30/h3-8,15,18,21-22,26H,9-14,17H2,1-2H3,(H,31,34). The van der Waals surface area contributed by atoms with Gasteiger partial charge in [0.15, 0.2) is 11.6 Å². The van der Waals surface area contributed by atoms with Crippen LogP contribution in [0, 0.1) is 28.9 Å². The van der Waals surface area contributed by atoms with Gasteiger partial charge in [0, 0.05) is 38.3 Å². The van der Waals surface area contributed by atoms with Crippen molar-refractivity contribution in [3.63, 3.8) is 0 Å². The van der Waals surface area contributed by atoms with Crippen LogP contribution in [0.15, 0.2) is 42.5 Å². The van der Waals surface area contributed by atoms with Gasteiger partial charge in [0.1, 0.15) is 6.07 Å². The molecule has 0 spiro atoms. The molecule has 0 aromatic heterocycles. The first-order chi connectivity index (χ1) is 16.4. The quantitative estimate of drug-likeness (QED) is 0.684. The van der Waals surface area contributed by atoms with E-state index in [4.69, 9.17) is 0 Å². The Labute approximate surface area is 200 Å². The van der Waals surface area contributed by atoms with E-state index in [9.17, 15) is 18.8 Å². The van der Waals surface area contributed by atoms with Crippen molar-refractivity contribution in [1.29, 1.82) is 5.26 Å². The van der Waals surface area contributed by atoms with Gasteiger partial charge in [-0.3, -0.25) is 9.69 Å². The molecule has 2 saturated heterocycles. The molecule has 0 saturated carbocycles. The molecule has 4 rings (SSSR count). The largest absolute Gasteiger partial charge is 0.370 e. The maximum Gasteiger partial charge on any atom is 0.228 e. The third-order valence-electron chi connectivity index (χ3n) is 7.16. The monoisotopic (exact) mass is 466 g/mol. The number of amides is 1. The number of hydrogen-bond donors (Lipinski definition) is 1. The molecule has 180 valence electrons. The first-order valence-corrected chi connectivity index (χ1v) is 12.1. The average molecular weight is 467 g/mol. The van der Waals surface area contributed by atoms with Crippen LogP contribution < -0.4 is 10.2 Å². The lowest BCUT2D eigenvalue weighted by Gasteiger charge is -2.38. The maximum absolute atomic E-state index is 13.8. The zero-order chi connectivity index (χ0) is 24.2. The Morgan fingerprint density at radius 3 is 2.47 bits per heavy atom. The lowest BCUT2D eigenvalue weighted by Crippen LogP contribution is -2.46. The number of nitrogens with one attached hydrogen (secondary N) is 1. The fourth-order valence-corrected chi connectivity index (χ4v) is 5.39. The van der Waals surface area contributed by atoms with Gasteiger partial charge >= 0.3 is 0 Å². The molecule has 2 aliphatic heterocycles. The third kappa shape index (κ3) is 5.23. The van der Waals surface area contributed by atoms with Gasteiger partial charge in [-0.05, 0) is 55.0 Å². The highest BCUT2D eigenvalue weighted by Gasteiger charge is 2.34. The summed E-state index contributed by atoms with van der Waals surface area (Å²) in [7, 11) is 0. The molecule has 34 heavy (non-hydrogen) atoms. The van der Waals surface area contributed by atoms with Crippen molar-refractivity contribution in [3.05, 3.63) is 65.2 Å². The van der Waals surface area contributed by atoms with Crippen molar-refractivity contribution in [2.45, 2.75) is 51.1 Å². The molecule has 2 aromatic carbocycles. The number of halogens is 2. The van der Waals surface area contributed by atoms with Crippen LogP contribution in [0.5, 0.6) is 0 Å². The molecule has 5 nitrogen and oxygen atoms in total. The lowest BCUT2D eigenvalue weighted by molar-refractivity contribution is -0.124. The Bertz CT molecular complexity index is 1060. The smallest absolute Gasteiger partial charge is 0.228 e. The summed E-state index contributed by atoms with van der Waals surface area (Å²) in [5.74, 6) is -2.52. The highest BCUT2D eigenvalue weighted by molar-refractivity contribution is 5.84. The fourth-order valence-electron chi connectivity index (χ4n) is 5.39. The molecule has 2 aromatic rings. The number of carbonyl (C=O) groups is 1. The lowest BCUT2D eigenvalue weighted by atomic mass is 9.87. The van der Waals surface area contributed by atoms with E-state index in [1.807, 2.05) is 38.1 Å². The summed E-state index contributed by atoms with van der Waals surface area (Å²) >= 11 is 0. The van der Waals surface area contributed by atoms with Crippen molar-refractivity contribution >= 4 is 11.6 Å². The molecule has 1 N–H and O–H groups in total. The topological polar surface area (TPSA) is 59.4 Å². The summed E-state index contributed by atoms with van der Waals surface area (Å²) in [5.41, 5.74) is 2.23. The van der Waals surface area contributed by atoms with Crippen LogP contribution in [0.2, 0.25) is 0 Å². The summed E-state index contributed by atoms with van der Waals surface area (Å²) in [6.07, 6.45) is 2.92. The zero-order valence-electron chi connectivity index (χ0n) is 19.8. The number of benzene rings is 2. The number of carbonyl (C=O) groups excluding carboxylic acids is 1. The number of hydrogen-bond acceptors (Lipinski definition) is 4. The predicted octanol–water partition coefficient (Wildman–Crippen LogP) is 4.44. The fraction of sp³-hybridized carbons (Fsp3) is 0.481. The number of rotatable bonds is 6. The molecule has 2 aliphatic rings. The Morgan fingerprint density at radius 1 is 1.06 bits per heavy atom. The highest BCUT2D eigenvalue weighted by atomic mass is 19.2. The van der Waals surface area contributed by atoms with Gasteiger partial charge < -0.3 is 10.2 Å². The zero-order valence-corrected chi connectivity index (χ0v) is 19.8. The first kappa shape index (κ1) is 24.2. The third-order valence-corrected chi connectivity index (χ3v) is 7.16. The van der Waals surface area contributed by atoms with E-state index in [0.29, 0.717) is 17.2 Å². The molecular formula is C27H32F2N4O. The normalized spacial score (nSPS) is 20.4. The number of para-hydroxylation sites is 1. The predicted molar refractivity (Wildman–Crippen MR) is 128 cm³/mol. The van der Waals surface area contributed by atoms with E-state index in [0.717, 1.165) is 63.3 Å². The van der Waals surface area contributed by atoms with E-state index < -0.39 is 17.6 Å². The number of nitrogens with zero attached hydrogens (tertiary/aromatic N) is 3. The van der Waals surface area contributed by atoms with Gasteiger partial charge in [0.05, 0.1) is 17.2 Å². The summed E-state index contributed by atoms with van der Waals surface area (Å²) < 4.78 is 27.1. The minimum atomic E-state index is -0.924. The molecule has 1 amide bonds. The molecule has 0 aliphatic carbocycles. The van der Waals surface area contributed by atoms with Crippen molar-refractivity contribution < 1.29 is 13.6 Å². The molecule has 2 unspecified atom stereocenters. The summed E-state index contributed by atoms with van der Waals surface area (Å²) in [5, 5.41) is 12.6. The van der Waals surface area contributed by atoms with E-state index in [1.165, 1.54) is 6.07 Å². The molecular weight excluding hydrogens is 434 g/mol. The van der Waals surface area contributed by atoms with Gasteiger partial charge in [-0.25, -0.2) is 8.78 Å². The summed E-state index contributed by atoms with van der Waals surface area (Å²) in [6.45, 7) is 7.38.